The first-order valence-corrected chi connectivity index (χ1v) is 8.67. The second-order valence-electron chi connectivity index (χ2n) is 5.54. The molecule has 132 valence electrons. The van der Waals surface area contributed by atoms with Crippen LogP contribution < -0.4 is 4.74 Å². The Labute approximate surface area is 142 Å². The summed E-state index contributed by atoms with van der Waals surface area (Å²) >= 11 is 0. The van der Waals surface area contributed by atoms with Gasteiger partial charge < -0.3 is 4.74 Å². The van der Waals surface area contributed by atoms with Crippen LogP contribution in [0.4, 0.5) is 13.2 Å². The Balaban J connectivity index is 2.31. The van der Waals surface area contributed by atoms with Crippen LogP contribution in [-0.4, -0.2) is 19.5 Å². The average molecular weight is 369 g/mol. The highest BCUT2D eigenvalue weighted by Crippen LogP contribution is 2.38. The van der Waals surface area contributed by atoms with Crippen molar-refractivity contribution in [2.24, 2.45) is 0 Å². The Kier molecular flexibility index (Phi) is 4.03. The SMILES string of the molecule is COc1ccc2c(c1)c(C(F)(F)F)cn2S(=O)(=O)c1ccc(C)cc1. The zero-order chi connectivity index (χ0) is 18.4. The molecule has 0 spiro atoms. The molecule has 2 aromatic carbocycles. The van der Waals surface area contributed by atoms with E-state index in [1.807, 2.05) is 0 Å². The van der Waals surface area contributed by atoms with E-state index in [0.29, 0.717) is 10.2 Å². The van der Waals surface area contributed by atoms with Gasteiger partial charge in [0.05, 0.1) is 23.1 Å². The molecule has 25 heavy (non-hydrogen) atoms. The van der Waals surface area contributed by atoms with Crippen LogP contribution >= 0.6 is 0 Å². The number of benzene rings is 2. The van der Waals surface area contributed by atoms with Gasteiger partial charge in [-0.05, 0) is 37.3 Å². The van der Waals surface area contributed by atoms with E-state index in [1.165, 1.54) is 37.4 Å². The van der Waals surface area contributed by atoms with Crippen LogP contribution in [0.15, 0.2) is 53.6 Å². The van der Waals surface area contributed by atoms with Crippen molar-refractivity contribution in [3.05, 3.63) is 59.8 Å². The molecule has 0 aliphatic carbocycles. The summed E-state index contributed by atoms with van der Waals surface area (Å²) in [6, 6.07) is 9.82. The predicted molar refractivity (Wildman–Crippen MR) is 87.3 cm³/mol. The van der Waals surface area contributed by atoms with Crippen LogP contribution in [0, 0.1) is 6.92 Å². The molecule has 0 saturated heterocycles. The first kappa shape index (κ1) is 17.3. The first-order chi connectivity index (χ1) is 11.6. The molecule has 1 aromatic heterocycles. The largest absolute Gasteiger partial charge is 0.497 e. The van der Waals surface area contributed by atoms with Crippen molar-refractivity contribution in [2.75, 3.05) is 7.11 Å². The summed E-state index contributed by atoms with van der Waals surface area (Å²) in [6.07, 6.45) is -4.09. The van der Waals surface area contributed by atoms with Crippen LogP contribution in [0.5, 0.6) is 5.75 Å². The topological polar surface area (TPSA) is 48.3 Å². The molecule has 0 aliphatic rings. The van der Waals surface area contributed by atoms with E-state index in [1.54, 1.807) is 19.1 Å². The molecule has 0 atom stereocenters. The maximum absolute atomic E-state index is 13.4. The highest BCUT2D eigenvalue weighted by molar-refractivity contribution is 7.90. The first-order valence-electron chi connectivity index (χ1n) is 7.23. The molecule has 3 rings (SSSR count). The van der Waals surface area contributed by atoms with E-state index >= 15 is 0 Å². The van der Waals surface area contributed by atoms with Gasteiger partial charge in [0.25, 0.3) is 10.0 Å². The summed E-state index contributed by atoms with van der Waals surface area (Å²) in [7, 11) is -2.84. The smallest absolute Gasteiger partial charge is 0.418 e. The van der Waals surface area contributed by atoms with Crippen LogP contribution in [0.2, 0.25) is 0 Å². The minimum absolute atomic E-state index is 0.0614. The Morgan fingerprint density at radius 3 is 2.24 bits per heavy atom. The lowest BCUT2D eigenvalue weighted by Crippen LogP contribution is -2.12. The van der Waals surface area contributed by atoms with Crippen LogP contribution in [-0.2, 0) is 16.2 Å². The number of ether oxygens (including phenoxy) is 1. The number of methoxy groups -OCH3 is 1. The van der Waals surface area contributed by atoms with Gasteiger partial charge in [0, 0.05) is 11.6 Å². The minimum Gasteiger partial charge on any atom is -0.497 e. The summed E-state index contributed by atoms with van der Waals surface area (Å²) in [5.41, 5.74) is -0.247. The van der Waals surface area contributed by atoms with Crippen molar-refractivity contribution < 1.29 is 26.3 Å². The Morgan fingerprint density at radius 2 is 1.68 bits per heavy atom. The molecule has 0 amide bonds. The summed E-state index contributed by atoms with van der Waals surface area (Å²) in [6.45, 7) is 1.79. The Bertz CT molecular complexity index is 1040. The number of nitrogens with zero attached hydrogens (tertiary/aromatic N) is 1. The molecule has 0 aliphatic heterocycles. The minimum atomic E-state index is -4.70. The van der Waals surface area contributed by atoms with E-state index in [0.717, 1.165) is 5.56 Å². The van der Waals surface area contributed by atoms with Gasteiger partial charge in [-0.1, -0.05) is 17.7 Å². The number of hydrogen-bond donors (Lipinski definition) is 0. The molecular formula is C17H14F3NO3S. The standard InChI is InChI=1S/C17H14F3NO3S/c1-11-3-6-13(7-4-11)25(22,23)21-10-15(17(18,19)20)14-9-12(24-2)5-8-16(14)21/h3-10H,1-2H3. The Morgan fingerprint density at radius 1 is 1.04 bits per heavy atom. The molecule has 0 radical (unpaired) electrons. The highest BCUT2D eigenvalue weighted by Gasteiger charge is 2.36. The van der Waals surface area contributed by atoms with E-state index in [-0.39, 0.29) is 21.5 Å². The summed E-state index contributed by atoms with van der Waals surface area (Å²) in [5.74, 6) is 0.212. The maximum Gasteiger partial charge on any atom is 0.418 e. The lowest BCUT2D eigenvalue weighted by molar-refractivity contribution is -0.136. The van der Waals surface area contributed by atoms with Crippen molar-refractivity contribution >= 4 is 20.9 Å². The molecular weight excluding hydrogens is 355 g/mol. The second kappa shape index (κ2) is 5.80. The third-order valence-corrected chi connectivity index (χ3v) is 5.55. The van der Waals surface area contributed by atoms with Gasteiger partial charge in [-0.15, -0.1) is 0 Å². The average Bonchev–Trinajstić information content (AvgIpc) is 2.94. The highest BCUT2D eigenvalue weighted by atomic mass is 32.2. The molecule has 3 aromatic rings. The van der Waals surface area contributed by atoms with Gasteiger partial charge >= 0.3 is 6.18 Å². The van der Waals surface area contributed by atoms with Crippen LogP contribution in [0.3, 0.4) is 0 Å². The van der Waals surface area contributed by atoms with Crippen molar-refractivity contribution in [1.82, 2.24) is 3.97 Å². The molecule has 8 heteroatoms. The van der Waals surface area contributed by atoms with Crippen LogP contribution in [0.25, 0.3) is 10.9 Å². The number of halogens is 3. The zero-order valence-electron chi connectivity index (χ0n) is 13.3. The van der Waals surface area contributed by atoms with Gasteiger partial charge in [0.2, 0.25) is 0 Å². The fourth-order valence-electron chi connectivity index (χ4n) is 2.55. The molecule has 0 saturated carbocycles. The fraction of sp³-hybridized carbons (Fsp3) is 0.176. The normalized spacial score (nSPS) is 12.5. The van der Waals surface area contributed by atoms with E-state index in [2.05, 4.69) is 0 Å². The number of aromatic nitrogens is 1. The van der Waals surface area contributed by atoms with Crippen molar-refractivity contribution in [3.63, 3.8) is 0 Å². The monoisotopic (exact) mass is 369 g/mol. The van der Waals surface area contributed by atoms with E-state index < -0.39 is 21.8 Å². The summed E-state index contributed by atoms with van der Waals surface area (Å²) in [5, 5.41) is -0.234. The summed E-state index contributed by atoms with van der Waals surface area (Å²) < 4.78 is 71.3. The number of hydrogen-bond acceptors (Lipinski definition) is 3. The molecule has 0 unspecified atom stereocenters. The number of alkyl halides is 3. The van der Waals surface area contributed by atoms with Gasteiger partial charge in [-0.25, -0.2) is 12.4 Å². The predicted octanol–water partition coefficient (Wildman–Crippen LogP) is 4.21. The summed E-state index contributed by atoms with van der Waals surface area (Å²) in [4.78, 5) is -0.0838. The van der Waals surface area contributed by atoms with E-state index in [4.69, 9.17) is 4.74 Å². The number of rotatable bonds is 3. The lowest BCUT2D eigenvalue weighted by atomic mass is 10.1. The molecule has 4 nitrogen and oxygen atoms in total. The zero-order valence-corrected chi connectivity index (χ0v) is 14.1. The number of aryl methyl sites for hydroxylation is 1. The van der Waals surface area contributed by atoms with Crippen molar-refractivity contribution in [1.29, 1.82) is 0 Å². The fourth-order valence-corrected chi connectivity index (χ4v) is 3.92. The molecule has 0 bridgehead atoms. The third-order valence-electron chi connectivity index (χ3n) is 3.86. The van der Waals surface area contributed by atoms with Gasteiger partial charge in [0.1, 0.15) is 5.75 Å². The van der Waals surface area contributed by atoms with Crippen LogP contribution in [0.1, 0.15) is 11.1 Å². The van der Waals surface area contributed by atoms with Crippen molar-refractivity contribution in [2.45, 2.75) is 18.0 Å². The maximum atomic E-state index is 13.4. The lowest BCUT2D eigenvalue weighted by Gasteiger charge is -2.08. The third kappa shape index (κ3) is 2.97. The quantitative estimate of drug-likeness (QED) is 0.695. The van der Waals surface area contributed by atoms with Crippen molar-refractivity contribution in [3.8, 4) is 5.75 Å². The second-order valence-corrected chi connectivity index (χ2v) is 7.35. The van der Waals surface area contributed by atoms with E-state index in [9.17, 15) is 21.6 Å². The Hall–Kier alpha value is -2.48. The van der Waals surface area contributed by atoms with Gasteiger partial charge in [-0.3, -0.25) is 0 Å². The van der Waals surface area contributed by atoms with Gasteiger partial charge in [-0.2, -0.15) is 13.2 Å². The number of fused-ring (bicyclic) bond motifs is 1. The molecule has 0 fully saturated rings. The molecule has 0 N–H and O–H groups in total. The molecule has 1 heterocycles. The van der Waals surface area contributed by atoms with Gasteiger partial charge in [0.15, 0.2) is 0 Å².